The fraction of sp³-hybridized carbons (Fsp3) is 0.500. The van der Waals surface area contributed by atoms with Gasteiger partial charge in [-0.25, -0.2) is 0 Å². The van der Waals surface area contributed by atoms with Gasteiger partial charge in [-0.2, -0.15) is 5.26 Å². The highest BCUT2D eigenvalue weighted by Crippen LogP contribution is 2.37. The van der Waals surface area contributed by atoms with Gasteiger partial charge >= 0.3 is 0 Å². The Morgan fingerprint density at radius 2 is 2.12 bits per heavy atom. The lowest BCUT2D eigenvalue weighted by Crippen LogP contribution is -2.23. The Balaban J connectivity index is 2.06. The van der Waals surface area contributed by atoms with Crippen LogP contribution >= 0.6 is 0 Å². The summed E-state index contributed by atoms with van der Waals surface area (Å²) in [5.41, 5.74) is 8.22. The lowest BCUT2D eigenvalue weighted by atomic mass is 9.89. The van der Waals surface area contributed by atoms with Gasteiger partial charge in [0.1, 0.15) is 6.07 Å². The van der Waals surface area contributed by atoms with Crippen LogP contribution in [-0.4, -0.2) is 6.54 Å². The summed E-state index contributed by atoms with van der Waals surface area (Å²) in [6.45, 7) is 3.25. The minimum atomic E-state index is 0.383. The molecule has 0 bridgehead atoms. The quantitative estimate of drug-likeness (QED) is 0.783. The first-order valence-corrected chi connectivity index (χ1v) is 6.16. The van der Waals surface area contributed by atoms with E-state index in [1.807, 2.05) is 12.1 Å². The van der Waals surface area contributed by atoms with Gasteiger partial charge in [-0.1, -0.05) is 19.8 Å². The molecule has 0 aromatic heterocycles. The highest BCUT2D eigenvalue weighted by atomic mass is 14.9. The van der Waals surface area contributed by atoms with Crippen molar-refractivity contribution >= 4 is 11.4 Å². The van der Waals surface area contributed by atoms with E-state index in [1.54, 1.807) is 6.07 Å². The summed E-state index contributed by atoms with van der Waals surface area (Å²) >= 11 is 0. The highest BCUT2D eigenvalue weighted by molar-refractivity contribution is 5.63. The summed E-state index contributed by atoms with van der Waals surface area (Å²) < 4.78 is 0. The molecule has 3 nitrogen and oxygen atoms in total. The molecule has 0 amide bonds. The minimum absolute atomic E-state index is 0.383. The van der Waals surface area contributed by atoms with Crippen molar-refractivity contribution in [3.8, 4) is 6.07 Å². The first-order chi connectivity index (χ1) is 8.13. The van der Waals surface area contributed by atoms with Gasteiger partial charge in [-0.3, -0.25) is 0 Å². The molecular weight excluding hydrogens is 210 g/mol. The molecule has 1 fully saturated rings. The molecule has 0 heterocycles. The molecule has 3 heteroatoms. The molecule has 2 rings (SSSR count). The molecule has 1 saturated carbocycles. The van der Waals surface area contributed by atoms with Crippen molar-refractivity contribution in [3.05, 3.63) is 23.8 Å². The van der Waals surface area contributed by atoms with Crippen molar-refractivity contribution in [2.45, 2.75) is 32.6 Å². The standard InChI is InChI=1S/C14H19N3/c1-14(6-2-3-7-14)10-17-13-5-4-12(16)8-11(13)9-15/h4-5,8,17H,2-3,6-7,10,16H2,1H3. The molecule has 90 valence electrons. The van der Waals surface area contributed by atoms with Gasteiger partial charge in [-0.05, 0) is 36.5 Å². The van der Waals surface area contributed by atoms with Crippen LogP contribution in [0.5, 0.6) is 0 Å². The number of nitrogens with one attached hydrogen (secondary N) is 1. The van der Waals surface area contributed by atoms with E-state index in [2.05, 4.69) is 18.3 Å². The second kappa shape index (κ2) is 4.67. The molecule has 1 aliphatic carbocycles. The van der Waals surface area contributed by atoms with E-state index >= 15 is 0 Å². The van der Waals surface area contributed by atoms with Crippen LogP contribution in [0.1, 0.15) is 38.2 Å². The number of nitrogen functional groups attached to an aromatic ring is 1. The van der Waals surface area contributed by atoms with Gasteiger partial charge in [0.05, 0.1) is 11.3 Å². The van der Waals surface area contributed by atoms with Crippen LogP contribution < -0.4 is 11.1 Å². The first-order valence-electron chi connectivity index (χ1n) is 6.16. The minimum Gasteiger partial charge on any atom is -0.399 e. The molecule has 1 aliphatic rings. The molecule has 0 spiro atoms. The number of hydrogen-bond acceptors (Lipinski definition) is 3. The second-order valence-electron chi connectivity index (χ2n) is 5.29. The SMILES string of the molecule is CC1(CNc2ccc(N)cc2C#N)CCCC1. The summed E-state index contributed by atoms with van der Waals surface area (Å²) in [6.07, 6.45) is 5.20. The summed E-state index contributed by atoms with van der Waals surface area (Å²) in [5.74, 6) is 0. The Labute approximate surface area is 103 Å². The van der Waals surface area contributed by atoms with E-state index in [4.69, 9.17) is 11.0 Å². The Bertz CT molecular complexity index is 439. The Morgan fingerprint density at radius 3 is 2.76 bits per heavy atom. The number of hydrogen-bond donors (Lipinski definition) is 2. The smallest absolute Gasteiger partial charge is 0.101 e. The van der Waals surface area contributed by atoms with Crippen LogP contribution in [0.4, 0.5) is 11.4 Å². The molecular formula is C14H19N3. The van der Waals surface area contributed by atoms with Crippen LogP contribution in [0.25, 0.3) is 0 Å². The van der Waals surface area contributed by atoms with Gasteiger partial charge in [0, 0.05) is 12.2 Å². The lowest BCUT2D eigenvalue weighted by molar-refractivity contribution is 0.362. The van der Waals surface area contributed by atoms with Crippen LogP contribution in [0.2, 0.25) is 0 Å². The number of nitrogens with two attached hydrogens (primary N) is 1. The van der Waals surface area contributed by atoms with Crippen LogP contribution in [0.3, 0.4) is 0 Å². The molecule has 1 aromatic carbocycles. The van der Waals surface area contributed by atoms with Gasteiger partial charge in [0.25, 0.3) is 0 Å². The molecule has 0 aliphatic heterocycles. The van der Waals surface area contributed by atoms with Crippen molar-refractivity contribution in [2.24, 2.45) is 5.41 Å². The van der Waals surface area contributed by atoms with Crippen LogP contribution in [0.15, 0.2) is 18.2 Å². The van der Waals surface area contributed by atoms with Crippen molar-refractivity contribution in [1.29, 1.82) is 5.26 Å². The molecule has 17 heavy (non-hydrogen) atoms. The molecule has 0 radical (unpaired) electrons. The normalized spacial score (nSPS) is 17.6. The molecule has 1 aromatic rings. The highest BCUT2D eigenvalue weighted by Gasteiger charge is 2.28. The summed E-state index contributed by atoms with van der Waals surface area (Å²) in [5, 5.41) is 12.4. The Hall–Kier alpha value is -1.69. The van der Waals surface area contributed by atoms with E-state index in [0.29, 0.717) is 16.7 Å². The van der Waals surface area contributed by atoms with E-state index in [-0.39, 0.29) is 0 Å². The van der Waals surface area contributed by atoms with E-state index in [1.165, 1.54) is 25.7 Å². The van der Waals surface area contributed by atoms with Gasteiger partial charge < -0.3 is 11.1 Å². The summed E-state index contributed by atoms with van der Waals surface area (Å²) in [4.78, 5) is 0. The van der Waals surface area contributed by atoms with Crippen molar-refractivity contribution in [2.75, 3.05) is 17.6 Å². The summed E-state index contributed by atoms with van der Waals surface area (Å²) in [7, 11) is 0. The maximum Gasteiger partial charge on any atom is 0.101 e. The number of rotatable bonds is 3. The largest absolute Gasteiger partial charge is 0.399 e. The van der Waals surface area contributed by atoms with Crippen LogP contribution in [0, 0.1) is 16.7 Å². The number of anilines is 2. The van der Waals surface area contributed by atoms with E-state index in [9.17, 15) is 0 Å². The number of nitriles is 1. The van der Waals surface area contributed by atoms with Crippen molar-refractivity contribution in [3.63, 3.8) is 0 Å². The molecule has 0 saturated heterocycles. The second-order valence-corrected chi connectivity index (χ2v) is 5.29. The van der Waals surface area contributed by atoms with Crippen LogP contribution in [-0.2, 0) is 0 Å². The molecule has 0 unspecified atom stereocenters. The fourth-order valence-electron chi connectivity index (χ4n) is 2.52. The fourth-order valence-corrected chi connectivity index (χ4v) is 2.52. The zero-order valence-corrected chi connectivity index (χ0v) is 10.3. The number of benzene rings is 1. The maximum atomic E-state index is 9.05. The van der Waals surface area contributed by atoms with Crippen molar-refractivity contribution < 1.29 is 0 Å². The lowest BCUT2D eigenvalue weighted by Gasteiger charge is -2.24. The third-order valence-electron chi connectivity index (χ3n) is 3.68. The molecule has 3 N–H and O–H groups in total. The predicted octanol–water partition coefficient (Wildman–Crippen LogP) is 3.13. The topological polar surface area (TPSA) is 61.8 Å². The average molecular weight is 229 g/mol. The Kier molecular flexibility index (Phi) is 3.23. The average Bonchev–Trinajstić information content (AvgIpc) is 2.75. The Morgan fingerprint density at radius 1 is 1.41 bits per heavy atom. The van der Waals surface area contributed by atoms with Gasteiger partial charge in [0.2, 0.25) is 0 Å². The monoisotopic (exact) mass is 229 g/mol. The predicted molar refractivity (Wildman–Crippen MR) is 70.6 cm³/mol. The first kappa shape index (κ1) is 11.8. The number of nitrogens with zero attached hydrogens (tertiary/aromatic N) is 1. The molecule has 0 atom stereocenters. The maximum absolute atomic E-state index is 9.05. The van der Waals surface area contributed by atoms with Gasteiger partial charge in [0.15, 0.2) is 0 Å². The van der Waals surface area contributed by atoms with Crippen molar-refractivity contribution in [1.82, 2.24) is 0 Å². The zero-order chi connectivity index (χ0) is 12.3. The van der Waals surface area contributed by atoms with E-state index in [0.717, 1.165) is 12.2 Å². The zero-order valence-electron chi connectivity index (χ0n) is 10.3. The summed E-state index contributed by atoms with van der Waals surface area (Å²) in [6, 6.07) is 7.63. The third kappa shape index (κ3) is 2.71. The van der Waals surface area contributed by atoms with E-state index < -0.39 is 0 Å². The third-order valence-corrected chi connectivity index (χ3v) is 3.68. The van der Waals surface area contributed by atoms with Gasteiger partial charge in [-0.15, -0.1) is 0 Å².